The van der Waals surface area contributed by atoms with E-state index < -0.39 is 33.7 Å². The van der Waals surface area contributed by atoms with Gasteiger partial charge in [-0.1, -0.05) is 40.2 Å². The summed E-state index contributed by atoms with van der Waals surface area (Å²) in [5.74, 6) is -0.842. The van der Waals surface area contributed by atoms with Crippen LogP contribution < -0.4 is 0 Å². The van der Waals surface area contributed by atoms with Crippen LogP contribution in [-0.2, 0) is 4.32 Å². The molecule has 1 aromatic rings. The summed E-state index contributed by atoms with van der Waals surface area (Å²) < 4.78 is 105. The molecular weight excluding hydrogens is 456 g/mol. The summed E-state index contributed by atoms with van der Waals surface area (Å²) in [5, 5.41) is 0. The first kappa shape index (κ1) is 21.3. The minimum absolute atomic E-state index is 0.0400. The lowest BCUT2D eigenvalue weighted by atomic mass is 9.82. The van der Waals surface area contributed by atoms with Gasteiger partial charge in [0.2, 0.25) is 0 Å². The topological polar surface area (TPSA) is 0 Å². The molecule has 0 radical (unpaired) electrons. The smallest absolute Gasteiger partial charge is 0.218 e. The Morgan fingerprint density at radius 2 is 1.54 bits per heavy atom. The van der Waals surface area contributed by atoms with Gasteiger partial charge < -0.3 is 0 Å². The zero-order chi connectivity index (χ0) is 20.0. The highest BCUT2D eigenvalue weighted by Crippen LogP contribution is 2.55. The van der Waals surface area contributed by atoms with Crippen LogP contribution in [0.3, 0.4) is 0 Å². The fourth-order valence-corrected chi connectivity index (χ4v) is 4.28. The van der Waals surface area contributed by atoms with Gasteiger partial charge in [0.25, 0.3) is 0 Å². The van der Waals surface area contributed by atoms with Crippen molar-refractivity contribution in [3.8, 4) is 0 Å². The van der Waals surface area contributed by atoms with E-state index in [2.05, 4.69) is 15.9 Å². The molecule has 0 amide bonds. The number of benzene rings is 1. The van der Waals surface area contributed by atoms with Crippen LogP contribution in [0.4, 0.5) is 35.1 Å². The molecule has 0 spiro atoms. The maximum Gasteiger partial charge on any atom is 0.435 e. The van der Waals surface area contributed by atoms with Crippen LogP contribution in [0.25, 0.3) is 0 Å². The molecule has 1 unspecified atom stereocenters. The maximum absolute atomic E-state index is 14.5. The Balaban J connectivity index is 2.74. The Morgan fingerprint density at radius 3 is 2.00 bits per heavy atom. The molecule has 144 valence electrons. The highest BCUT2D eigenvalue weighted by atomic mass is 79.9. The minimum atomic E-state index is -6.24. The third-order valence-corrected chi connectivity index (χ3v) is 5.62. The molecule has 10 heteroatoms. The minimum Gasteiger partial charge on any atom is -0.218 e. The molecule has 0 heterocycles. The molecule has 0 fully saturated rings. The molecule has 2 rings (SSSR count). The van der Waals surface area contributed by atoms with Gasteiger partial charge in [0.1, 0.15) is 5.82 Å². The van der Waals surface area contributed by atoms with Crippen LogP contribution in [0.2, 0.25) is 0 Å². The molecule has 0 bridgehead atoms. The van der Waals surface area contributed by atoms with Crippen molar-refractivity contribution >= 4 is 27.7 Å². The molecule has 1 aliphatic carbocycles. The van der Waals surface area contributed by atoms with E-state index in [9.17, 15) is 35.1 Å². The molecule has 0 saturated heterocycles. The highest BCUT2D eigenvalue weighted by molar-refractivity contribution is 9.09. The monoisotopic (exact) mass is 466 g/mol. The highest BCUT2D eigenvalue weighted by Gasteiger charge is 2.74. The lowest BCUT2D eigenvalue weighted by Crippen LogP contribution is -2.55. The Kier molecular flexibility index (Phi) is 5.60. The van der Waals surface area contributed by atoms with Gasteiger partial charge in [-0.25, -0.2) is 8.78 Å². The van der Waals surface area contributed by atoms with E-state index in [0.29, 0.717) is 12.2 Å². The van der Waals surface area contributed by atoms with Gasteiger partial charge in [-0.15, -0.1) is 11.8 Å². The first-order valence-electron chi connectivity index (χ1n) is 7.00. The quantitative estimate of drug-likeness (QED) is 0.347. The van der Waals surface area contributed by atoms with Crippen molar-refractivity contribution in [2.45, 2.75) is 28.8 Å². The second-order valence-corrected chi connectivity index (χ2v) is 7.94. The van der Waals surface area contributed by atoms with E-state index >= 15 is 0 Å². The molecule has 0 N–H and O–H groups in total. The third kappa shape index (κ3) is 3.54. The van der Waals surface area contributed by atoms with Crippen molar-refractivity contribution in [1.82, 2.24) is 0 Å². The summed E-state index contributed by atoms with van der Waals surface area (Å²) in [6, 6.07) is 4.92. The average molecular weight is 467 g/mol. The van der Waals surface area contributed by atoms with E-state index in [1.54, 1.807) is 0 Å². The van der Waals surface area contributed by atoms with Crippen LogP contribution in [0, 0.1) is 5.82 Å². The Labute approximate surface area is 156 Å². The van der Waals surface area contributed by atoms with Crippen LogP contribution in [0.5, 0.6) is 0 Å². The lowest BCUT2D eigenvalue weighted by molar-refractivity contribution is -0.325. The number of thioether (sulfide) groups is 1. The Hall–Kier alpha value is -1.03. The first-order valence-corrected chi connectivity index (χ1v) is 9.02. The van der Waals surface area contributed by atoms with Crippen LogP contribution >= 0.6 is 27.7 Å². The van der Waals surface area contributed by atoms with Gasteiger partial charge in [-0.05, 0) is 23.3 Å². The fraction of sp³-hybridized carbons (Fsp3) is 0.375. The predicted molar refractivity (Wildman–Crippen MR) is 87.3 cm³/mol. The fourth-order valence-electron chi connectivity index (χ4n) is 2.61. The zero-order valence-corrected chi connectivity index (χ0v) is 15.4. The normalized spacial score (nSPS) is 22.1. The number of halogens is 9. The standard InChI is InChI=1S/C16H11BrF8S/c1-26-10-6-9(14(19,15(20,21)22)16(23,24)25)7-13(17,8-10)11-4-2-3-5-12(11)18/h2-7H,8H2,1H3. The number of alkyl halides is 8. The molecule has 0 aliphatic heterocycles. The molecule has 0 aromatic heterocycles. The first-order chi connectivity index (χ1) is 11.8. The van der Waals surface area contributed by atoms with Gasteiger partial charge in [0, 0.05) is 17.6 Å². The van der Waals surface area contributed by atoms with Crippen molar-refractivity contribution < 1.29 is 35.1 Å². The van der Waals surface area contributed by atoms with Gasteiger partial charge in [-0.2, -0.15) is 26.3 Å². The van der Waals surface area contributed by atoms with E-state index in [1.165, 1.54) is 24.5 Å². The van der Waals surface area contributed by atoms with Gasteiger partial charge in [0.15, 0.2) is 0 Å². The van der Waals surface area contributed by atoms with Crippen molar-refractivity contribution in [3.05, 3.63) is 58.3 Å². The molecule has 26 heavy (non-hydrogen) atoms. The Bertz CT molecular complexity index is 735. The average Bonchev–Trinajstić information content (AvgIpc) is 2.51. The molecule has 0 nitrogen and oxygen atoms in total. The second-order valence-electron chi connectivity index (χ2n) is 5.59. The number of rotatable bonds is 3. The predicted octanol–water partition coefficient (Wildman–Crippen LogP) is 6.83. The molecule has 1 atom stereocenters. The summed E-state index contributed by atoms with van der Waals surface area (Å²) in [4.78, 5) is 0.0400. The van der Waals surface area contributed by atoms with Crippen molar-refractivity contribution in [2.75, 3.05) is 6.26 Å². The molecule has 1 aliphatic rings. The molecule has 1 aromatic carbocycles. The van der Waals surface area contributed by atoms with Gasteiger partial charge >= 0.3 is 18.0 Å². The zero-order valence-electron chi connectivity index (χ0n) is 13.0. The summed E-state index contributed by atoms with van der Waals surface area (Å²) in [6.07, 6.45) is -10.2. The molecular formula is C16H11BrF8S. The lowest BCUT2D eigenvalue weighted by Gasteiger charge is -2.37. The van der Waals surface area contributed by atoms with E-state index in [4.69, 9.17) is 0 Å². The Morgan fingerprint density at radius 1 is 1.00 bits per heavy atom. The van der Waals surface area contributed by atoms with E-state index in [0.717, 1.165) is 17.8 Å². The van der Waals surface area contributed by atoms with E-state index in [1.807, 2.05) is 0 Å². The van der Waals surface area contributed by atoms with Crippen LogP contribution in [-0.4, -0.2) is 24.3 Å². The number of allylic oxidation sites excluding steroid dienone is 4. The largest absolute Gasteiger partial charge is 0.435 e. The summed E-state index contributed by atoms with van der Waals surface area (Å²) >= 11 is 3.89. The number of hydrogen-bond acceptors (Lipinski definition) is 1. The SMILES string of the molecule is CSC1=CC(C(F)(C(F)(F)F)C(F)(F)F)=CC(Br)(c2ccccc2F)C1. The summed E-state index contributed by atoms with van der Waals surface area (Å²) in [6.45, 7) is 0. The maximum atomic E-state index is 14.5. The van der Waals surface area contributed by atoms with E-state index in [-0.39, 0.29) is 16.9 Å². The summed E-state index contributed by atoms with van der Waals surface area (Å²) in [7, 11) is 0. The van der Waals surface area contributed by atoms with Crippen LogP contribution in [0.15, 0.2) is 46.9 Å². The summed E-state index contributed by atoms with van der Waals surface area (Å²) in [5.41, 5.74) is -7.40. The van der Waals surface area contributed by atoms with Crippen LogP contribution in [0.1, 0.15) is 12.0 Å². The third-order valence-electron chi connectivity index (χ3n) is 3.90. The number of hydrogen-bond donors (Lipinski definition) is 0. The van der Waals surface area contributed by atoms with Gasteiger partial charge in [-0.3, -0.25) is 0 Å². The van der Waals surface area contributed by atoms with Crippen molar-refractivity contribution in [2.24, 2.45) is 0 Å². The van der Waals surface area contributed by atoms with Crippen molar-refractivity contribution in [1.29, 1.82) is 0 Å². The van der Waals surface area contributed by atoms with Crippen molar-refractivity contribution in [3.63, 3.8) is 0 Å². The molecule has 0 saturated carbocycles. The van der Waals surface area contributed by atoms with Gasteiger partial charge in [0.05, 0.1) is 4.32 Å². The second kappa shape index (κ2) is 6.85.